The number of hydrogen-bond donors (Lipinski definition) is 1. The van der Waals surface area contributed by atoms with Gasteiger partial charge in [0.1, 0.15) is 0 Å². The maximum Gasteiger partial charge on any atom is 0.231 e. The lowest BCUT2D eigenvalue weighted by Crippen LogP contribution is -2.18. The third-order valence-corrected chi connectivity index (χ3v) is 3.56. The molecule has 2 heteroatoms. The molecule has 0 heterocycles. The van der Waals surface area contributed by atoms with Crippen molar-refractivity contribution >= 4 is 11.6 Å². The van der Waals surface area contributed by atoms with Crippen LogP contribution in [0.2, 0.25) is 0 Å². The molecule has 0 aromatic heterocycles. The normalized spacial score (nSPS) is 12.2. The Kier molecular flexibility index (Phi) is 5.15. The number of amides is 1. The van der Waals surface area contributed by atoms with Gasteiger partial charge >= 0.3 is 0 Å². The van der Waals surface area contributed by atoms with Gasteiger partial charge in [0.15, 0.2) is 0 Å². The SMILES string of the molecule is CC(C)Cc1ccc([C@H](C)C(=O)Nc2ccccc2)cc1. The monoisotopic (exact) mass is 281 g/mol. The Balaban J connectivity index is 2.02. The van der Waals surface area contributed by atoms with Crippen molar-refractivity contribution in [2.75, 3.05) is 5.32 Å². The van der Waals surface area contributed by atoms with E-state index in [0.29, 0.717) is 5.92 Å². The third kappa shape index (κ3) is 4.45. The van der Waals surface area contributed by atoms with Crippen LogP contribution in [0.4, 0.5) is 5.69 Å². The number of anilines is 1. The summed E-state index contributed by atoms with van der Waals surface area (Å²) in [4.78, 5) is 12.3. The van der Waals surface area contributed by atoms with Crippen LogP contribution in [-0.2, 0) is 11.2 Å². The summed E-state index contributed by atoms with van der Waals surface area (Å²) < 4.78 is 0. The summed E-state index contributed by atoms with van der Waals surface area (Å²) in [6.45, 7) is 6.36. The Morgan fingerprint density at radius 2 is 1.57 bits per heavy atom. The lowest BCUT2D eigenvalue weighted by atomic mass is 9.96. The van der Waals surface area contributed by atoms with Gasteiger partial charge in [0.2, 0.25) is 5.91 Å². The Morgan fingerprint density at radius 3 is 2.14 bits per heavy atom. The van der Waals surface area contributed by atoms with E-state index < -0.39 is 0 Å². The van der Waals surface area contributed by atoms with Crippen LogP contribution in [0.5, 0.6) is 0 Å². The van der Waals surface area contributed by atoms with Crippen LogP contribution in [0.3, 0.4) is 0 Å². The molecule has 2 aromatic carbocycles. The van der Waals surface area contributed by atoms with Gasteiger partial charge in [0, 0.05) is 5.69 Å². The minimum Gasteiger partial charge on any atom is -0.326 e. The van der Waals surface area contributed by atoms with Crippen LogP contribution in [0, 0.1) is 5.92 Å². The van der Waals surface area contributed by atoms with Crippen molar-refractivity contribution in [3.8, 4) is 0 Å². The van der Waals surface area contributed by atoms with Crippen molar-refractivity contribution in [3.63, 3.8) is 0 Å². The maximum absolute atomic E-state index is 12.3. The molecule has 1 atom stereocenters. The standard InChI is InChI=1S/C19H23NO/c1-14(2)13-16-9-11-17(12-10-16)15(3)19(21)20-18-7-5-4-6-8-18/h4-12,14-15H,13H2,1-3H3,(H,20,21)/t15-/m0/s1. The van der Waals surface area contributed by atoms with Crippen LogP contribution in [0.1, 0.15) is 37.8 Å². The maximum atomic E-state index is 12.3. The average Bonchev–Trinajstić information content (AvgIpc) is 2.47. The first-order valence-electron chi connectivity index (χ1n) is 7.51. The van der Waals surface area contributed by atoms with E-state index in [1.807, 2.05) is 37.3 Å². The van der Waals surface area contributed by atoms with Gasteiger partial charge in [-0.3, -0.25) is 4.79 Å². The van der Waals surface area contributed by atoms with E-state index in [2.05, 4.69) is 43.4 Å². The number of rotatable bonds is 5. The smallest absolute Gasteiger partial charge is 0.231 e. The second-order valence-electron chi connectivity index (χ2n) is 5.92. The first-order valence-corrected chi connectivity index (χ1v) is 7.51. The van der Waals surface area contributed by atoms with Gasteiger partial charge in [-0.15, -0.1) is 0 Å². The summed E-state index contributed by atoms with van der Waals surface area (Å²) >= 11 is 0. The van der Waals surface area contributed by atoms with Crippen molar-refractivity contribution < 1.29 is 4.79 Å². The van der Waals surface area contributed by atoms with Gasteiger partial charge < -0.3 is 5.32 Å². The molecular weight excluding hydrogens is 258 g/mol. The van der Waals surface area contributed by atoms with Gasteiger partial charge in [0.05, 0.1) is 5.92 Å². The first kappa shape index (κ1) is 15.3. The number of carbonyl (C=O) groups is 1. The van der Waals surface area contributed by atoms with E-state index in [4.69, 9.17) is 0 Å². The van der Waals surface area contributed by atoms with E-state index in [-0.39, 0.29) is 11.8 Å². The summed E-state index contributed by atoms with van der Waals surface area (Å²) in [6, 6.07) is 17.9. The van der Waals surface area contributed by atoms with Gasteiger partial charge in [-0.1, -0.05) is 56.3 Å². The topological polar surface area (TPSA) is 29.1 Å². The lowest BCUT2D eigenvalue weighted by molar-refractivity contribution is -0.117. The van der Waals surface area contributed by atoms with E-state index in [1.165, 1.54) is 5.56 Å². The second kappa shape index (κ2) is 7.07. The molecule has 0 saturated carbocycles. The quantitative estimate of drug-likeness (QED) is 0.850. The fourth-order valence-electron chi connectivity index (χ4n) is 2.34. The van der Waals surface area contributed by atoms with Gasteiger partial charge in [-0.05, 0) is 42.5 Å². The molecule has 0 unspecified atom stereocenters. The van der Waals surface area contributed by atoms with E-state index in [1.54, 1.807) is 0 Å². The molecule has 0 fully saturated rings. The fourth-order valence-corrected chi connectivity index (χ4v) is 2.34. The number of benzene rings is 2. The molecule has 0 aliphatic carbocycles. The van der Waals surface area contributed by atoms with Gasteiger partial charge in [-0.2, -0.15) is 0 Å². The number of hydrogen-bond acceptors (Lipinski definition) is 1. The van der Waals surface area contributed by atoms with Crippen LogP contribution < -0.4 is 5.32 Å². The third-order valence-electron chi connectivity index (χ3n) is 3.56. The van der Waals surface area contributed by atoms with Crippen molar-refractivity contribution in [3.05, 3.63) is 65.7 Å². The van der Waals surface area contributed by atoms with Crippen LogP contribution in [0.15, 0.2) is 54.6 Å². The zero-order valence-corrected chi connectivity index (χ0v) is 13.0. The molecule has 21 heavy (non-hydrogen) atoms. The summed E-state index contributed by atoms with van der Waals surface area (Å²) in [5.41, 5.74) is 3.21. The van der Waals surface area contributed by atoms with Crippen LogP contribution >= 0.6 is 0 Å². The van der Waals surface area contributed by atoms with Crippen molar-refractivity contribution in [1.29, 1.82) is 0 Å². The largest absolute Gasteiger partial charge is 0.326 e. The zero-order chi connectivity index (χ0) is 15.2. The Bertz CT molecular complexity index is 572. The predicted octanol–water partition coefficient (Wildman–Crippen LogP) is 4.63. The predicted molar refractivity (Wildman–Crippen MR) is 88.5 cm³/mol. The molecule has 2 rings (SSSR count). The zero-order valence-electron chi connectivity index (χ0n) is 13.0. The van der Waals surface area contributed by atoms with Crippen molar-refractivity contribution in [1.82, 2.24) is 0 Å². The Labute approximate surface area is 127 Å². The minimum atomic E-state index is -0.154. The number of carbonyl (C=O) groups excluding carboxylic acids is 1. The highest BCUT2D eigenvalue weighted by molar-refractivity contribution is 5.95. The van der Waals surface area contributed by atoms with Crippen molar-refractivity contribution in [2.45, 2.75) is 33.1 Å². The van der Waals surface area contributed by atoms with E-state index in [9.17, 15) is 4.79 Å². The molecule has 1 amide bonds. The molecule has 0 aliphatic rings. The molecule has 0 radical (unpaired) electrons. The van der Waals surface area contributed by atoms with Gasteiger partial charge in [-0.25, -0.2) is 0 Å². The highest BCUT2D eigenvalue weighted by Gasteiger charge is 2.15. The molecule has 2 nitrogen and oxygen atoms in total. The molecule has 0 bridgehead atoms. The number of para-hydroxylation sites is 1. The first-order chi connectivity index (χ1) is 10.1. The number of nitrogens with one attached hydrogen (secondary N) is 1. The Morgan fingerprint density at radius 1 is 0.952 bits per heavy atom. The van der Waals surface area contributed by atoms with Crippen LogP contribution in [-0.4, -0.2) is 5.91 Å². The minimum absolute atomic E-state index is 0.0257. The molecule has 0 aliphatic heterocycles. The van der Waals surface area contributed by atoms with Crippen LogP contribution in [0.25, 0.3) is 0 Å². The van der Waals surface area contributed by atoms with E-state index >= 15 is 0 Å². The highest BCUT2D eigenvalue weighted by atomic mass is 16.1. The Hall–Kier alpha value is -2.09. The second-order valence-corrected chi connectivity index (χ2v) is 5.92. The fraction of sp³-hybridized carbons (Fsp3) is 0.316. The summed E-state index contributed by atoms with van der Waals surface area (Å²) in [5, 5.41) is 2.95. The lowest BCUT2D eigenvalue weighted by Gasteiger charge is -2.13. The molecule has 2 aromatic rings. The molecule has 1 N–H and O–H groups in total. The van der Waals surface area contributed by atoms with Gasteiger partial charge in [0.25, 0.3) is 0 Å². The molecule has 0 spiro atoms. The molecule has 0 saturated heterocycles. The highest BCUT2D eigenvalue weighted by Crippen LogP contribution is 2.19. The average molecular weight is 281 g/mol. The van der Waals surface area contributed by atoms with Crippen molar-refractivity contribution in [2.24, 2.45) is 5.92 Å². The van der Waals surface area contributed by atoms with E-state index in [0.717, 1.165) is 17.7 Å². The summed E-state index contributed by atoms with van der Waals surface area (Å²) in [6.07, 6.45) is 1.07. The summed E-state index contributed by atoms with van der Waals surface area (Å²) in [5.74, 6) is 0.519. The summed E-state index contributed by atoms with van der Waals surface area (Å²) in [7, 11) is 0. The molecule has 110 valence electrons. The molecular formula is C19H23NO.